The first-order valence-corrected chi connectivity index (χ1v) is 11.1. The van der Waals surface area contributed by atoms with E-state index in [4.69, 9.17) is 14.3 Å². The Hall–Kier alpha value is -4.45. The monoisotopic (exact) mass is 497 g/mol. The summed E-state index contributed by atoms with van der Waals surface area (Å²) in [5, 5.41) is 12.6. The molecule has 0 bridgehead atoms. The van der Waals surface area contributed by atoms with E-state index < -0.39 is 48.2 Å². The number of aliphatic carboxylic acids is 1. The van der Waals surface area contributed by atoms with Crippen LogP contribution < -0.4 is 10.2 Å². The maximum atomic E-state index is 13.3. The van der Waals surface area contributed by atoms with Crippen LogP contribution in [0, 0.1) is 0 Å². The Bertz CT molecular complexity index is 1160. The fourth-order valence-electron chi connectivity index (χ4n) is 3.92. The minimum atomic E-state index is -2.31. The van der Waals surface area contributed by atoms with Crippen molar-refractivity contribution >= 4 is 35.5 Å². The van der Waals surface area contributed by atoms with E-state index >= 15 is 0 Å². The molecule has 12 nitrogen and oxygen atoms in total. The summed E-state index contributed by atoms with van der Waals surface area (Å²) in [4.78, 5) is 68.6. The second-order valence-electron chi connectivity index (χ2n) is 8.02. The minimum Gasteiger partial charge on any atom is -0.477 e. The highest BCUT2D eigenvalue weighted by molar-refractivity contribution is 6.04. The molecule has 2 aromatic rings. The van der Waals surface area contributed by atoms with Crippen molar-refractivity contribution in [3.05, 3.63) is 66.2 Å². The number of benzene rings is 2. The summed E-state index contributed by atoms with van der Waals surface area (Å²) in [6.07, 6.45) is -1.34. The van der Waals surface area contributed by atoms with Crippen LogP contribution in [0.4, 0.5) is 10.5 Å². The number of hydrogen-bond acceptors (Lipinski definition) is 8. The van der Waals surface area contributed by atoms with E-state index in [0.717, 1.165) is 10.5 Å². The van der Waals surface area contributed by atoms with Crippen molar-refractivity contribution in [3.63, 3.8) is 0 Å². The summed E-state index contributed by atoms with van der Waals surface area (Å²) in [7, 11) is 0. The van der Waals surface area contributed by atoms with Gasteiger partial charge in [0.05, 0.1) is 6.42 Å². The molecule has 12 heteroatoms. The summed E-state index contributed by atoms with van der Waals surface area (Å²) in [6, 6.07) is 15.8. The Morgan fingerprint density at radius 2 is 1.75 bits per heavy atom. The molecule has 36 heavy (non-hydrogen) atoms. The number of carbonyl (C=O) groups excluding carboxylic acids is 4. The number of nitrogens with one attached hydrogen (secondary N) is 1. The van der Waals surface area contributed by atoms with Gasteiger partial charge in [0, 0.05) is 12.1 Å². The highest BCUT2D eigenvalue weighted by Crippen LogP contribution is 2.35. The molecule has 0 aromatic heterocycles. The number of esters is 1. The number of ether oxygens (including phenoxy) is 2. The number of carboxylic acid groups (broad SMARTS) is 1. The van der Waals surface area contributed by atoms with Crippen molar-refractivity contribution < 1.29 is 43.4 Å². The van der Waals surface area contributed by atoms with E-state index in [9.17, 15) is 29.1 Å². The number of rotatable bonds is 8. The van der Waals surface area contributed by atoms with Gasteiger partial charge in [0.1, 0.15) is 25.8 Å². The number of hydrogen-bond donors (Lipinski definition) is 2. The predicted octanol–water partition coefficient (Wildman–Crippen LogP) is 1.21. The highest BCUT2D eigenvalue weighted by atomic mass is 16.7. The molecule has 3 amide bonds. The lowest BCUT2D eigenvalue weighted by Gasteiger charge is -2.31. The van der Waals surface area contributed by atoms with Crippen LogP contribution >= 0.6 is 0 Å². The van der Waals surface area contributed by atoms with Gasteiger partial charge in [-0.3, -0.25) is 24.1 Å². The van der Waals surface area contributed by atoms with Crippen LogP contribution in [-0.2, 0) is 40.1 Å². The SMILES string of the molecule is O=C1CCC(C(=O)O)(N2OC[C@H](N(C(=O)CNC(=O)OCc3ccccc3)c3ccccc3)C2=O)O1. The topological polar surface area (TPSA) is 152 Å². The summed E-state index contributed by atoms with van der Waals surface area (Å²) >= 11 is 0. The summed E-state index contributed by atoms with van der Waals surface area (Å²) in [5.41, 5.74) is -1.23. The molecule has 188 valence electrons. The molecule has 2 aliphatic rings. The van der Waals surface area contributed by atoms with Crippen molar-refractivity contribution in [2.45, 2.75) is 31.2 Å². The first-order chi connectivity index (χ1) is 17.3. The molecule has 2 fully saturated rings. The number of nitrogens with zero attached hydrogens (tertiary/aromatic N) is 2. The van der Waals surface area contributed by atoms with Gasteiger partial charge in [0.15, 0.2) is 0 Å². The largest absolute Gasteiger partial charge is 0.477 e. The predicted molar refractivity (Wildman–Crippen MR) is 121 cm³/mol. The third-order valence-corrected chi connectivity index (χ3v) is 5.67. The lowest BCUT2D eigenvalue weighted by molar-refractivity contribution is -0.256. The van der Waals surface area contributed by atoms with Gasteiger partial charge in [-0.05, 0) is 17.7 Å². The van der Waals surface area contributed by atoms with Gasteiger partial charge in [0.25, 0.3) is 5.91 Å². The van der Waals surface area contributed by atoms with Crippen LogP contribution in [0.1, 0.15) is 18.4 Å². The molecule has 2 heterocycles. The van der Waals surface area contributed by atoms with E-state index in [2.05, 4.69) is 5.32 Å². The van der Waals surface area contributed by atoms with Crippen LogP contribution in [0.2, 0.25) is 0 Å². The molecule has 1 unspecified atom stereocenters. The van der Waals surface area contributed by atoms with Crippen LogP contribution in [0.5, 0.6) is 0 Å². The normalized spacial score (nSPS) is 21.1. The molecule has 2 N–H and O–H groups in total. The van der Waals surface area contributed by atoms with Crippen molar-refractivity contribution in [2.75, 3.05) is 18.1 Å². The maximum absolute atomic E-state index is 13.3. The molecule has 0 spiro atoms. The third-order valence-electron chi connectivity index (χ3n) is 5.67. The number of para-hydroxylation sites is 1. The van der Waals surface area contributed by atoms with E-state index in [-0.39, 0.29) is 26.1 Å². The average Bonchev–Trinajstić information content (AvgIpc) is 3.46. The van der Waals surface area contributed by atoms with Gasteiger partial charge in [-0.25, -0.2) is 9.59 Å². The van der Waals surface area contributed by atoms with Crippen molar-refractivity contribution in [1.82, 2.24) is 10.4 Å². The third kappa shape index (κ3) is 4.98. The molecular weight excluding hydrogens is 474 g/mol. The molecule has 4 rings (SSSR count). The zero-order chi connectivity index (χ0) is 25.7. The van der Waals surface area contributed by atoms with Gasteiger partial charge in [-0.2, -0.15) is 5.06 Å². The highest BCUT2D eigenvalue weighted by Gasteiger charge is 2.60. The number of alkyl carbamates (subject to hydrolysis) is 1. The van der Waals surface area contributed by atoms with Crippen molar-refractivity contribution in [2.24, 2.45) is 0 Å². The molecule has 2 aliphatic heterocycles. The van der Waals surface area contributed by atoms with Crippen molar-refractivity contribution in [1.29, 1.82) is 0 Å². The molecule has 2 atom stereocenters. The van der Waals surface area contributed by atoms with Crippen LogP contribution in [0.3, 0.4) is 0 Å². The molecular formula is C24H23N3O9. The Kier molecular flexibility index (Phi) is 7.15. The van der Waals surface area contributed by atoms with E-state index in [1.54, 1.807) is 54.6 Å². The van der Waals surface area contributed by atoms with E-state index in [1.165, 1.54) is 0 Å². The number of hydroxylamine groups is 2. The number of carboxylic acids is 1. The molecule has 0 aliphatic carbocycles. The second-order valence-corrected chi connectivity index (χ2v) is 8.02. The number of anilines is 1. The van der Waals surface area contributed by atoms with Crippen LogP contribution in [0.25, 0.3) is 0 Å². The summed E-state index contributed by atoms with van der Waals surface area (Å²) < 4.78 is 10.1. The fourth-order valence-corrected chi connectivity index (χ4v) is 3.92. The Morgan fingerprint density at radius 3 is 2.36 bits per heavy atom. The molecule has 0 saturated carbocycles. The van der Waals surface area contributed by atoms with Gasteiger partial charge in [-0.15, -0.1) is 0 Å². The quantitative estimate of drug-likeness (QED) is 0.513. The molecule has 0 radical (unpaired) electrons. The summed E-state index contributed by atoms with van der Waals surface area (Å²) in [6.45, 7) is -0.890. The molecule has 2 saturated heterocycles. The van der Waals surface area contributed by atoms with Crippen molar-refractivity contribution in [3.8, 4) is 0 Å². The maximum Gasteiger partial charge on any atom is 0.407 e. The number of carbonyl (C=O) groups is 5. The van der Waals surface area contributed by atoms with Gasteiger partial charge in [-0.1, -0.05) is 48.5 Å². The standard InChI is InChI=1S/C24H23N3O9/c28-19(13-25-23(33)34-14-16-7-3-1-4-8-16)26(17-9-5-2-6-10-17)18-15-35-27(21(18)30)24(22(31)32)12-11-20(29)36-24/h1-10,18H,11-15H2,(H,25,33)(H,31,32)/t18-,24?/m0/s1. The molecule has 2 aromatic carbocycles. The minimum absolute atomic E-state index is 0.00314. The van der Waals surface area contributed by atoms with E-state index in [0.29, 0.717) is 10.8 Å². The Balaban J connectivity index is 1.47. The smallest absolute Gasteiger partial charge is 0.407 e. The first-order valence-electron chi connectivity index (χ1n) is 11.1. The summed E-state index contributed by atoms with van der Waals surface area (Å²) in [5.74, 6) is -3.90. The average molecular weight is 497 g/mol. The van der Waals surface area contributed by atoms with Gasteiger partial charge >= 0.3 is 23.8 Å². The fraction of sp³-hybridized carbons (Fsp3) is 0.292. The first kappa shape index (κ1) is 24.7. The number of cyclic esters (lactones) is 1. The second kappa shape index (κ2) is 10.4. The van der Waals surface area contributed by atoms with Crippen LogP contribution in [-0.4, -0.2) is 64.9 Å². The van der Waals surface area contributed by atoms with E-state index in [1.807, 2.05) is 6.07 Å². The Morgan fingerprint density at radius 1 is 1.08 bits per heavy atom. The zero-order valence-corrected chi connectivity index (χ0v) is 19.0. The lowest BCUT2D eigenvalue weighted by Crippen LogP contribution is -2.57. The lowest BCUT2D eigenvalue weighted by atomic mass is 10.1. The zero-order valence-electron chi connectivity index (χ0n) is 19.0. The Labute approximate surface area is 205 Å². The van der Waals surface area contributed by atoms with Gasteiger partial charge < -0.3 is 19.9 Å². The number of amides is 3. The van der Waals surface area contributed by atoms with Crippen LogP contribution in [0.15, 0.2) is 60.7 Å². The van der Waals surface area contributed by atoms with Gasteiger partial charge in [0.2, 0.25) is 5.91 Å².